The molecule has 1 saturated heterocycles. The Bertz CT molecular complexity index is 1750. The van der Waals surface area contributed by atoms with Crippen molar-refractivity contribution in [1.82, 2.24) is 15.2 Å². The minimum atomic E-state index is -1.03. The number of rotatable bonds is 13. The van der Waals surface area contributed by atoms with Crippen LogP contribution in [-0.2, 0) is 19.1 Å². The molecule has 11 nitrogen and oxygen atoms in total. The largest absolute Gasteiger partial charge is 0.490 e. The summed E-state index contributed by atoms with van der Waals surface area (Å²) in [6, 6.07) is 18.2. The number of anilines is 1. The van der Waals surface area contributed by atoms with Gasteiger partial charge in [-0.1, -0.05) is 12.1 Å². The third-order valence-electron chi connectivity index (χ3n) is 7.54. The molecule has 12 heteroatoms. The van der Waals surface area contributed by atoms with Crippen molar-refractivity contribution in [2.45, 2.75) is 25.8 Å². The Hall–Kier alpha value is -4.65. The second-order valence-electron chi connectivity index (χ2n) is 10.7. The molecule has 3 heterocycles. The van der Waals surface area contributed by atoms with Crippen LogP contribution in [-0.4, -0.2) is 79.1 Å². The highest BCUT2D eigenvalue weighted by Crippen LogP contribution is 2.34. The smallest absolute Gasteiger partial charge is 0.266 e. The summed E-state index contributed by atoms with van der Waals surface area (Å²) in [5, 5.41) is 6.54. The summed E-state index contributed by atoms with van der Waals surface area (Å²) in [6.07, 6.45) is 0.155. The zero-order valence-electron chi connectivity index (χ0n) is 24.7. The Morgan fingerprint density at radius 3 is 2.51 bits per heavy atom. The van der Waals surface area contributed by atoms with Crippen molar-refractivity contribution in [2.24, 2.45) is 0 Å². The summed E-state index contributed by atoms with van der Waals surface area (Å²) in [5.74, 6) is -2.01. The summed E-state index contributed by atoms with van der Waals surface area (Å²) in [7, 11) is 0. The van der Waals surface area contributed by atoms with Crippen LogP contribution in [0, 0.1) is 6.92 Å². The minimum absolute atomic E-state index is 0.0603. The molecule has 45 heavy (non-hydrogen) atoms. The normalized spacial score (nSPS) is 16.3. The van der Waals surface area contributed by atoms with E-state index in [0.717, 1.165) is 26.7 Å². The molecule has 0 aliphatic carbocycles. The van der Waals surface area contributed by atoms with Crippen molar-refractivity contribution < 1.29 is 33.4 Å². The number of benzene rings is 3. The molecule has 0 radical (unpaired) electrons. The first kappa shape index (κ1) is 30.4. The zero-order valence-corrected chi connectivity index (χ0v) is 25.5. The Kier molecular flexibility index (Phi) is 9.15. The fraction of sp³-hybridized carbons (Fsp3) is 0.303. The molecule has 1 aromatic heterocycles. The number of carbonyl (C=O) groups excluding carboxylic acids is 4. The highest BCUT2D eigenvalue weighted by atomic mass is 32.1. The molecule has 1 fully saturated rings. The minimum Gasteiger partial charge on any atom is -0.490 e. The topological polar surface area (TPSA) is 136 Å². The number of fused-ring (bicyclic) bond motifs is 2. The molecule has 0 spiro atoms. The number of hydrogen-bond acceptors (Lipinski definition) is 10. The molecule has 2 N–H and O–H groups in total. The van der Waals surface area contributed by atoms with Crippen LogP contribution in [0.3, 0.4) is 0 Å². The maximum absolute atomic E-state index is 13.1. The monoisotopic (exact) mass is 628 g/mol. The van der Waals surface area contributed by atoms with Gasteiger partial charge in [0.15, 0.2) is 0 Å². The van der Waals surface area contributed by atoms with Crippen LogP contribution in [0.2, 0.25) is 0 Å². The van der Waals surface area contributed by atoms with Crippen LogP contribution in [0.5, 0.6) is 5.75 Å². The maximum atomic E-state index is 13.1. The first-order valence-electron chi connectivity index (χ1n) is 14.7. The molecular formula is C33H32N4O7S. The molecule has 2 aliphatic rings. The van der Waals surface area contributed by atoms with E-state index in [-0.39, 0.29) is 42.9 Å². The van der Waals surface area contributed by atoms with Gasteiger partial charge in [-0.05, 0) is 67.4 Å². The quantitative estimate of drug-likeness (QED) is 0.165. The fourth-order valence-electron chi connectivity index (χ4n) is 5.29. The van der Waals surface area contributed by atoms with Gasteiger partial charge in [-0.15, -0.1) is 11.3 Å². The number of amides is 4. The third kappa shape index (κ3) is 6.72. The lowest BCUT2D eigenvalue weighted by Gasteiger charge is -2.27. The van der Waals surface area contributed by atoms with E-state index in [0.29, 0.717) is 26.4 Å². The molecule has 1 atom stereocenters. The molecule has 0 bridgehead atoms. The Morgan fingerprint density at radius 1 is 0.933 bits per heavy atom. The van der Waals surface area contributed by atoms with Gasteiger partial charge < -0.3 is 19.5 Å². The SMILES string of the molecule is Cc1ccc2nc(-c3ccc(NCCOCCOCCOc4cccc5c4C(=O)N(C4CCC(=O)NC4=O)C5=O)cc3)sc2c1. The number of piperidine rings is 1. The molecular weight excluding hydrogens is 596 g/mol. The average molecular weight is 629 g/mol. The summed E-state index contributed by atoms with van der Waals surface area (Å²) in [4.78, 5) is 55.5. The summed E-state index contributed by atoms with van der Waals surface area (Å²) in [6.45, 7) is 4.43. The van der Waals surface area contributed by atoms with E-state index in [4.69, 9.17) is 19.2 Å². The molecule has 6 rings (SSSR count). The Morgan fingerprint density at radius 2 is 1.71 bits per heavy atom. The molecule has 4 amide bonds. The van der Waals surface area contributed by atoms with Crippen molar-refractivity contribution in [3.63, 3.8) is 0 Å². The first-order valence-corrected chi connectivity index (χ1v) is 15.5. The number of imide groups is 2. The Labute approximate surface area is 263 Å². The van der Waals surface area contributed by atoms with Gasteiger partial charge in [0.25, 0.3) is 11.8 Å². The standard InChI is InChI=1S/C33H32N4O7S/c1-20-5-10-24-27(19-20)45-31(35-24)21-6-8-22(9-7-21)34-13-14-42-15-16-43-17-18-44-26-4-2-3-23-29(26)33(41)37(32(23)40)25-11-12-28(38)36-30(25)39/h2-10,19,25,34H,11-18H2,1H3,(H,36,38,39). The van der Waals surface area contributed by atoms with Crippen molar-refractivity contribution in [1.29, 1.82) is 0 Å². The second kappa shape index (κ2) is 13.6. The van der Waals surface area contributed by atoms with E-state index in [1.54, 1.807) is 23.5 Å². The number of ether oxygens (including phenoxy) is 3. The number of aryl methyl sites for hydroxylation is 1. The lowest BCUT2D eigenvalue weighted by molar-refractivity contribution is -0.136. The lowest BCUT2D eigenvalue weighted by Crippen LogP contribution is -2.54. The molecule has 1 unspecified atom stereocenters. The predicted octanol–water partition coefficient (Wildman–Crippen LogP) is 4.20. The molecule has 2 aliphatic heterocycles. The number of nitrogens with zero attached hydrogens (tertiary/aromatic N) is 2. The van der Waals surface area contributed by atoms with Crippen molar-refractivity contribution in [3.8, 4) is 16.3 Å². The van der Waals surface area contributed by atoms with Crippen molar-refractivity contribution in [3.05, 3.63) is 77.4 Å². The van der Waals surface area contributed by atoms with Crippen LogP contribution in [0.25, 0.3) is 20.8 Å². The lowest BCUT2D eigenvalue weighted by atomic mass is 10.0. The number of thiazole rings is 1. The number of carbonyl (C=O) groups is 4. The van der Waals surface area contributed by atoms with Crippen LogP contribution >= 0.6 is 11.3 Å². The summed E-state index contributed by atoms with van der Waals surface area (Å²) < 4.78 is 18.2. The second-order valence-corrected chi connectivity index (χ2v) is 11.7. The highest BCUT2D eigenvalue weighted by Gasteiger charge is 2.46. The third-order valence-corrected chi connectivity index (χ3v) is 8.61. The van der Waals surface area contributed by atoms with Gasteiger partial charge in [-0.25, -0.2) is 4.98 Å². The molecule has 3 aromatic carbocycles. The number of hydrogen-bond donors (Lipinski definition) is 2. The van der Waals surface area contributed by atoms with E-state index >= 15 is 0 Å². The van der Waals surface area contributed by atoms with Crippen LogP contribution < -0.4 is 15.4 Å². The highest BCUT2D eigenvalue weighted by molar-refractivity contribution is 7.21. The summed E-state index contributed by atoms with van der Waals surface area (Å²) >= 11 is 1.69. The first-order chi connectivity index (χ1) is 21.9. The van der Waals surface area contributed by atoms with Gasteiger partial charge in [0.2, 0.25) is 11.8 Å². The van der Waals surface area contributed by atoms with E-state index in [9.17, 15) is 19.2 Å². The van der Waals surface area contributed by atoms with Gasteiger partial charge >= 0.3 is 0 Å². The number of nitrogens with one attached hydrogen (secondary N) is 2. The van der Waals surface area contributed by atoms with Gasteiger partial charge in [0, 0.05) is 24.2 Å². The van der Waals surface area contributed by atoms with Crippen LogP contribution in [0.1, 0.15) is 39.1 Å². The van der Waals surface area contributed by atoms with E-state index in [1.807, 2.05) is 12.1 Å². The molecule has 232 valence electrons. The fourth-order valence-corrected chi connectivity index (χ4v) is 6.36. The van der Waals surface area contributed by atoms with E-state index in [1.165, 1.54) is 16.3 Å². The maximum Gasteiger partial charge on any atom is 0.266 e. The molecule has 0 saturated carbocycles. The zero-order chi connectivity index (χ0) is 31.3. The molecule has 4 aromatic rings. The van der Waals surface area contributed by atoms with Crippen LogP contribution in [0.15, 0.2) is 60.7 Å². The summed E-state index contributed by atoms with van der Waals surface area (Å²) in [5.41, 5.74) is 4.62. The van der Waals surface area contributed by atoms with Crippen molar-refractivity contribution >= 4 is 50.9 Å². The average Bonchev–Trinajstić information content (AvgIpc) is 3.56. The van der Waals surface area contributed by atoms with E-state index < -0.39 is 29.7 Å². The van der Waals surface area contributed by atoms with E-state index in [2.05, 4.69) is 47.9 Å². The van der Waals surface area contributed by atoms with Crippen molar-refractivity contribution in [2.75, 3.05) is 44.9 Å². The number of aromatic nitrogens is 1. The Balaban J connectivity index is 0.877. The van der Waals surface area contributed by atoms with Gasteiger partial charge in [-0.2, -0.15) is 0 Å². The van der Waals surface area contributed by atoms with Gasteiger partial charge in [0.1, 0.15) is 23.4 Å². The van der Waals surface area contributed by atoms with Crippen LogP contribution in [0.4, 0.5) is 5.69 Å². The van der Waals surface area contributed by atoms with Gasteiger partial charge in [-0.3, -0.25) is 29.4 Å². The predicted molar refractivity (Wildman–Crippen MR) is 169 cm³/mol. The van der Waals surface area contributed by atoms with Gasteiger partial charge in [0.05, 0.1) is 47.8 Å².